The number of carbonyl (C=O) groups is 2. The molecule has 7 heteroatoms. The van der Waals surface area contributed by atoms with Gasteiger partial charge in [0.15, 0.2) is 6.61 Å². The summed E-state index contributed by atoms with van der Waals surface area (Å²) in [7, 11) is 0. The Hall–Kier alpha value is -3.09. The third kappa shape index (κ3) is 6.50. The van der Waals surface area contributed by atoms with Crippen LogP contribution < -0.4 is 20.3 Å². The molecule has 0 heterocycles. The van der Waals surface area contributed by atoms with Crippen molar-refractivity contribution in [2.24, 2.45) is 0 Å². The molecule has 2 aromatic rings. The molecule has 2 rings (SSSR count). The van der Waals surface area contributed by atoms with Crippen molar-refractivity contribution in [3.63, 3.8) is 0 Å². The molecule has 0 spiro atoms. The maximum atomic E-state index is 12.7. The van der Waals surface area contributed by atoms with Crippen LogP contribution in [0.1, 0.15) is 12.0 Å². The van der Waals surface area contributed by atoms with Crippen LogP contribution in [-0.2, 0) is 9.59 Å². The van der Waals surface area contributed by atoms with Crippen LogP contribution in [0.2, 0.25) is 0 Å². The smallest absolute Gasteiger partial charge is 0.276 e. The summed E-state index contributed by atoms with van der Waals surface area (Å²) in [5, 5.41) is 0. The Morgan fingerprint density at radius 2 is 1.64 bits per heavy atom. The molecule has 2 aromatic carbocycles. The Morgan fingerprint density at radius 3 is 2.36 bits per heavy atom. The molecule has 0 aliphatic heterocycles. The first-order valence-electron chi connectivity index (χ1n) is 7.69. The Labute approximate surface area is 144 Å². The van der Waals surface area contributed by atoms with E-state index < -0.39 is 11.7 Å². The third-order valence-electron chi connectivity index (χ3n) is 3.21. The summed E-state index contributed by atoms with van der Waals surface area (Å²) in [6.07, 6.45) is 0.0907. The highest BCUT2D eigenvalue weighted by atomic mass is 19.1. The number of hydrazine groups is 1. The van der Waals surface area contributed by atoms with Gasteiger partial charge in [0.2, 0.25) is 5.91 Å². The molecule has 0 aliphatic carbocycles. The number of carbonyl (C=O) groups excluding carboxylic acids is 2. The lowest BCUT2D eigenvalue weighted by Gasteiger charge is -2.10. The van der Waals surface area contributed by atoms with E-state index in [0.29, 0.717) is 11.5 Å². The molecule has 0 saturated carbocycles. The molecule has 0 fully saturated rings. The molecule has 25 heavy (non-hydrogen) atoms. The molecule has 2 N–H and O–H groups in total. The lowest BCUT2D eigenvalue weighted by molar-refractivity contribution is -0.130. The summed E-state index contributed by atoms with van der Waals surface area (Å²) in [5.74, 6) is -0.236. The minimum Gasteiger partial charge on any atom is -0.493 e. The molecule has 0 radical (unpaired) electrons. The van der Waals surface area contributed by atoms with Gasteiger partial charge in [0.05, 0.1) is 13.0 Å². The Morgan fingerprint density at radius 1 is 0.960 bits per heavy atom. The highest BCUT2D eigenvalue weighted by Gasteiger charge is 2.07. The second kappa shape index (κ2) is 9.27. The number of para-hydroxylation sites is 1. The summed E-state index contributed by atoms with van der Waals surface area (Å²) >= 11 is 0. The zero-order valence-electron chi connectivity index (χ0n) is 13.8. The minimum atomic E-state index is -0.530. The van der Waals surface area contributed by atoms with E-state index in [1.807, 2.05) is 31.2 Å². The summed E-state index contributed by atoms with van der Waals surface area (Å²) < 4.78 is 23.4. The van der Waals surface area contributed by atoms with E-state index in [1.165, 1.54) is 24.3 Å². The summed E-state index contributed by atoms with van der Waals surface area (Å²) in [6, 6.07) is 12.8. The summed E-state index contributed by atoms with van der Waals surface area (Å²) in [4.78, 5) is 23.2. The second-order valence-corrected chi connectivity index (χ2v) is 5.20. The van der Waals surface area contributed by atoms with Crippen molar-refractivity contribution in [1.82, 2.24) is 10.9 Å². The van der Waals surface area contributed by atoms with Crippen molar-refractivity contribution in [2.45, 2.75) is 13.3 Å². The van der Waals surface area contributed by atoms with E-state index in [4.69, 9.17) is 9.47 Å². The van der Waals surface area contributed by atoms with Gasteiger partial charge >= 0.3 is 0 Å². The largest absolute Gasteiger partial charge is 0.493 e. The molecule has 0 saturated heterocycles. The maximum absolute atomic E-state index is 12.7. The predicted octanol–water partition coefficient (Wildman–Crippen LogP) is 2.13. The monoisotopic (exact) mass is 346 g/mol. The van der Waals surface area contributed by atoms with E-state index in [0.717, 1.165) is 5.56 Å². The molecular weight excluding hydrogens is 327 g/mol. The lowest BCUT2D eigenvalue weighted by atomic mass is 10.2. The fourth-order valence-electron chi connectivity index (χ4n) is 1.89. The molecule has 0 bridgehead atoms. The highest BCUT2D eigenvalue weighted by Crippen LogP contribution is 2.16. The molecule has 0 aromatic heterocycles. The van der Waals surface area contributed by atoms with Gasteiger partial charge in [0.25, 0.3) is 5.91 Å². The van der Waals surface area contributed by atoms with E-state index in [9.17, 15) is 14.0 Å². The Kier molecular flexibility index (Phi) is 6.76. The zero-order valence-corrected chi connectivity index (χ0v) is 13.8. The van der Waals surface area contributed by atoms with Crippen LogP contribution in [0.25, 0.3) is 0 Å². The van der Waals surface area contributed by atoms with E-state index in [2.05, 4.69) is 10.9 Å². The first-order valence-corrected chi connectivity index (χ1v) is 7.69. The molecule has 0 atom stereocenters. The molecule has 0 unspecified atom stereocenters. The lowest BCUT2D eigenvalue weighted by Crippen LogP contribution is -2.44. The predicted molar refractivity (Wildman–Crippen MR) is 89.5 cm³/mol. The average molecular weight is 346 g/mol. The number of aryl methyl sites for hydroxylation is 1. The SMILES string of the molecule is Cc1ccccc1OCCC(=O)NNC(=O)COc1ccc(F)cc1. The quantitative estimate of drug-likeness (QED) is 0.753. The fraction of sp³-hybridized carbons (Fsp3) is 0.222. The van der Waals surface area contributed by atoms with Crippen LogP contribution in [0.4, 0.5) is 4.39 Å². The van der Waals surface area contributed by atoms with E-state index in [-0.39, 0.29) is 25.5 Å². The number of ether oxygens (including phenoxy) is 2. The van der Waals surface area contributed by atoms with Crippen LogP contribution in [0.15, 0.2) is 48.5 Å². The molecule has 2 amide bonds. The van der Waals surface area contributed by atoms with E-state index >= 15 is 0 Å². The van der Waals surface area contributed by atoms with Gasteiger partial charge in [-0.1, -0.05) is 18.2 Å². The van der Waals surface area contributed by atoms with Crippen molar-refractivity contribution in [3.05, 3.63) is 59.9 Å². The van der Waals surface area contributed by atoms with Crippen molar-refractivity contribution in [3.8, 4) is 11.5 Å². The standard InChI is InChI=1S/C18H19FN2O4/c1-13-4-2-3-5-16(13)24-11-10-17(22)20-21-18(23)12-25-15-8-6-14(19)7-9-15/h2-9H,10-12H2,1H3,(H,20,22)(H,21,23). The van der Waals surface area contributed by atoms with E-state index in [1.54, 1.807) is 0 Å². The van der Waals surface area contributed by atoms with Crippen molar-refractivity contribution >= 4 is 11.8 Å². The van der Waals surface area contributed by atoms with Gasteiger partial charge in [-0.05, 0) is 42.8 Å². The highest BCUT2D eigenvalue weighted by molar-refractivity contribution is 5.82. The molecule has 132 valence electrons. The summed E-state index contributed by atoms with van der Waals surface area (Å²) in [6.45, 7) is 1.81. The summed E-state index contributed by atoms with van der Waals surface area (Å²) in [5.41, 5.74) is 5.48. The zero-order chi connectivity index (χ0) is 18.1. The van der Waals surface area contributed by atoms with Gasteiger partial charge in [-0.3, -0.25) is 20.4 Å². The van der Waals surface area contributed by atoms with Gasteiger partial charge in [-0.25, -0.2) is 4.39 Å². The number of hydrogen-bond acceptors (Lipinski definition) is 4. The fourth-order valence-corrected chi connectivity index (χ4v) is 1.89. The Bertz CT molecular complexity index is 719. The number of hydrogen-bond donors (Lipinski definition) is 2. The maximum Gasteiger partial charge on any atom is 0.276 e. The van der Waals surface area contributed by atoms with Crippen LogP contribution in [0, 0.1) is 12.7 Å². The number of benzene rings is 2. The topological polar surface area (TPSA) is 76.7 Å². The van der Waals surface area contributed by atoms with Gasteiger partial charge in [-0.15, -0.1) is 0 Å². The van der Waals surface area contributed by atoms with Crippen molar-refractivity contribution in [2.75, 3.05) is 13.2 Å². The van der Waals surface area contributed by atoms with Gasteiger partial charge in [0.1, 0.15) is 17.3 Å². The number of rotatable bonds is 7. The number of amides is 2. The average Bonchev–Trinajstić information content (AvgIpc) is 2.61. The van der Waals surface area contributed by atoms with Crippen LogP contribution in [-0.4, -0.2) is 25.0 Å². The Balaban J connectivity index is 1.61. The minimum absolute atomic E-state index is 0.0907. The first-order chi connectivity index (χ1) is 12.0. The van der Waals surface area contributed by atoms with Crippen molar-refractivity contribution in [1.29, 1.82) is 0 Å². The van der Waals surface area contributed by atoms with Crippen LogP contribution in [0.3, 0.4) is 0 Å². The molecule has 0 aliphatic rings. The van der Waals surface area contributed by atoms with Gasteiger partial charge in [-0.2, -0.15) is 0 Å². The second-order valence-electron chi connectivity index (χ2n) is 5.20. The number of nitrogens with one attached hydrogen (secondary N) is 2. The van der Waals surface area contributed by atoms with Gasteiger partial charge < -0.3 is 9.47 Å². The normalized spacial score (nSPS) is 10.0. The first kappa shape index (κ1) is 18.3. The molecular formula is C18H19FN2O4. The van der Waals surface area contributed by atoms with Crippen LogP contribution in [0.5, 0.6) is 11.5 Å². The van der Waals surface area contributed by atoms with Crippen LogP contribution >= 0.6 is 0 Å². The molecule has 6 nitrogen and oxygen atoms in total. The van der Waals surface area contributed by atoms with Crippen molar-refractivity contribution < 1.29 is 23.5 Å². The number of halogens is 1. The van der Waals surface area contributed by atoms with Gasteiger partial charge in [0, 0.05) is 0 Å². The third-order valence-corrected chi connectivity index (χ3v) is 3.21.